The standard InChI is InChI=1S/C5H9N3/c6-4-1-2-5(7)8-3-4/h1-2,8H,3,6-7H2. The molecule has 5 N–H and O–H groups in total. The summed E-state index contributed by atoms with van der Waals surface area (Å²) >= 11 is 0. The topological polar surface area (TPSA) is 64.1 Å². The van der Waals surface area contributed by atoms with E-state index in [1.54, 1.807) is 12.2 Å². The van der Waals surface area contributed by atoms with Gasteiger partial charge in [0.15, 0.2) is 0 Å². The molecule has 0 radical (unpaired) electrons. The molecule has 0 aliphatic carbocycles. The van der Waals surface area contributed by atoms with Gasteiger partial charge in [-0.2, -0.15) is 0 Å². The van der Waals surface area contributed by atoms with Crippen LogP contribution >= 0.6 is 0 Å². The molecule has 8 heavy (non-hydrogen) atoms. The van der Waals surface area contributed by atoms with Gasteiger partial charge in [-0.3, -0.25) is 0 Å². The van der Waals surface area contributed by atoms with E-state index in [4.69, 9.17) is 11.5 Å². The highest BCUT2D eigenvalue weighted by Crippen LogP contribution is 1.91. The van der Waals surface area contributed by atoms with Crippen molar-refractivity contribution >= 4 is 0 Å². The van der Waals surface area contributed by atoms with Crippen LogP contribution in [-0.2, 0) is 0 Å². The van der Waals surface area contributed by atoms with Gasteiger partial charge < -0.3 is 16.8 Å². The second-order valence-electron chi connectivity index (χ2n) is 1.72. The average molecular weight is 111 g/mol. The lowest BCUT2D eigenvalue weighted by molar-refractivity contribution is 0.831. The third kappa shape index (κ3) is 0.932. The van der Waals surface area contributed by atoms with Crippen LogP contribution in [0.2, 0.25) is 0 Å². The van der Waals surface area contributed by atoms with Crippen molar-refractivity contribution in [2.24, 2.45) is 11.5 Å². The molecule has 0 bridgehead atoms. The van der Waals surface area contributed by atoms with Crippen LogP contribution in [0.25, 0.3) is 0 Å². The average Bonchev–Trinajstić information content (AvgIpc) is 1.77. The van der Waals surface area contributed by atoms with Crippen molar-refractivity contribution in [3.63, 3.8) is 0 Å². The lowest BCUT2D eigenvalue weighted by Crippen LogP contribution is -2.27. The van der Waals surface area contributed by atoms with Gasteiger partial charge in [0.2, 0.25) is 0 Å². The van der Waals surface area contributed by atoms with Gasteiger partial charge in [0.05, 0.1) is 12.4 Å². The van der Waals surface area contributed by atoms with Crippen LogP contribution < -0.4 is 16.8 Å². The zero-order chi connectivity index (χ0) is 5.98. The van der Waals surface area contributed by atoms with Gasteiger partial charge in [-0.1, -0.05) is 0 Å². The fourth-order valence-electron chi connectivity index (χ4n) is 0.519. The Hall–Kier alpha value is -1.12. The molecule has 1 aliphatic rings. The normalized spacial score (nSPS) is 18.5. The highest BCUT2D eigenvalue weighted by molar-refractivity contribution is 5.19. The van der Waals surface area contributed by atoms with Crippen LogP contribution in [0.15, 0.2) is 23.7 Å². The van der Waals surface area contributed by atoms with E-state index in [-0.39, 0.29) is 0 Å². The van der Waals surface area contributed by atoms with Crippen LogP contribution in [0.5, 0.6) is 0 Å². The quantitative estimate of drug-likeness (QED) is 0.384. The summed E-state index contributed by atoms with van der Waals surface area (Å²) in [5, 5.41) is 2.88. The molecule has 0 aromatic rings. The third-order valence-corrected chi connectivity index (χ3v) is 0.974. The molecule has 1 aliphatic heterocycles. The fraction of sp³-hybridized carbons (Fsp3) is 0.200. The van der Waals surface area contributed by atoms with Gasteiger partial charge in [-0.05, 0) is 12.2 Å². The van der Waals surface area contributed by atoms with Gasteiger partial charge >= 0.3 is 0 Å². The molecule has 0 atom stereocenters. The van der Waals surface area contributed by atoms with E-state index in [0.717, 1.165) is 5.70 Å². The predicted octanol–water partition coefficient (Wildman–Crippen LogP) is -0.768. The van der Waals surface area contributed by atoms with Crippen molar-refractivity contribution in [1.29, 1.82) is 0 Å². The first kappa shape index (κ1) is 5.03. The largest absolute Gasteiger partial charge is 0.401 e. The number of allylic oxidation sites excluding steroid dienone is 2. The van der Waals surface area contributed by atoms with E-state index in [9.17, 15) is 0 Å². The SMILES string of the molecule is NC1=CC=C(N)NC1. The number of hydrogen-bond donors (Lipinski definition) is 3. The number of nitrogens with two attached hydrogens (primary N) is 2. The van der Waals surface area contributed by atoms with Crippen molar-refractivity contribution in [2.75, 3.05) is 6.54 Å². The maximum Gasteiger partial charge on any atom is 0.0963 e. The fourth-order valence-corrected chi connectivity index (χ4v) is 0.519. The number of dihydropyridines is 1. The van der Waals surface area contributed by atoms with E-state index < -0.39 is 0 Å². The summed E-state index contributed by atoms with van der Waals surface area (Å²) in [6.45, 7) is 0.669. The summed E-state index contributed by atoms with van der Waals surface area (Å²) in [6, 6.07) is 0. The first-order chi connectivity index (χ1) is 3.79. The minimum Gasteiger partial charge on any atom is -0.401 e. The molecule has 0 unspecified atom stereocenters. The minimum atomic E-state index is 0.669. The van der Waals surface area contributed by atoms with Crippen LogP contribution in [0.3, 0.4) is 0 Å². The molecule has 0 saturated heterocycles. The van der Waals surface area contributed by atoms with Gasteiger partial charge in [0.1, 0.15) is 0 Å². The molecule has 3 nitrogen and oxygen atoms in total. The molecular formula is C5H9N3. The number of hydrogen-bond acceptors (Lipinski definition) is 3. The van der Waals surface area contributed by atoms with Gasteiger partial charge in [-0.15, -0.1) is 0 Å². The van der Waals surface area contributed by atoms with Gasteiger partial charge in [0, 0.05) is 5.70 Å². The number of rotatable bonds is 0. The Bertz CT molecular complexity index is 128. The van der Waals surface area contributed by atoms with Crippen LogP contribution in [0.4, 0.5) is 0 Å². The molecular weight excluding hydrogens is 102 g/mol. The van der Waals surface area contributed by atoms with E-state index in [1.807, 2.05) is 0 Å². The van der Waals surface area contributed by atoms with Crippen molar-refractivity contribution < 1.29 is 0 Å². The van der Waals surface area contributed by atoms with Crippen molar-refractivity contribution in [1.82, 2.24) is 5.32 Å². The van der Waals surface area contributed by atoms with Crippen LogP contribution in [-0.4, -0.2) is 6.54 Å². The highest BCUT2D eigenvalue weighted by Gasteiger charge is 1.94. The maximum atomic E-state index is 5.40. The summed E-state index contributed by atoms with van der Waals surface area (Å²) in [7, 11) is 0. The lowest BCUT2D eigenvalue weighted by Gasteiger charge is -2.09. The van der Waals surface area contributed by atoms with Crippen LogP contribution in [0.1, 0.15) is 0 Å². The molecule has 0 aromatic heterocycles. The van der Waals surface area contributed by atoms with E-state index in [1.165, 1.54) is 0 Å². The summed E-state index contributed by atoms with van der Waals surface area (Å²) < 4.78 is 0. The summed E-state index contributed by atoms with van der Waals surface area (Å²) in [5.74, 6) is 0.680. The van der Waals surface area contributed by atoms with Crippen molar-refractivity contribution in [3.05, 3.63) is 23.7 Å². The molecule has 3 heteroatoms. The Kier molecular flexibility index (Phi) is 1.12. The monoisotopic (exact) mass is 111 g/mol. The van der Waals surface area contributed by atoms with Gasteiger partial charge in [0.25, 0.3) is 0 Å². The van der Waals surface area contributed by atoms with E-state index in [0.29, 0.717) is 12.4 Å². The van der Waals surface area contributed by atoms with Crippen LogP contribution in [0, 0.1) is 0 Å². The van der Waals surface area contributed by atoms with E-state index >= 15 is 0 Å². The third-order valence-electron chi connectivity index (χ3n) is 0.974. The minimum absolute atomic E-state index is 0.669. The molecule has 0 amide bonds. The van der Waals surface area contributed by atoms with Crippen molar-refractivity contribution in [3.8, 4) is 0 Å². The molecule has 0 saturated carbocycles. The van der Waals surface area contributed by atoms with Gasteiger partial charge in [-0.25, -0.2) is 0 Å². The zero-order valence-electron chi connectivity index (χ0n) is 4.52. The van der Waals surface area contributed by atoms with Crippen molar-refractivity contribution in [2.45, 2.75) is 0 Å². The Morgan fingerprint density at radius 1 is 1.38 bits per heavy atom. The van der Waals surface area contributed by atoms with E-state index in [2.05, 4.69) is 5.32 Å². The first-order valence-corrected chi connectivity index (χ1v) is 2.45. The molecule has 0 spiro atoms. The molecule has 44 valence electrons. The Labute approximate surface area is 48.0 Å². The number of nitrogens with one attached hydrogen (secondary N) is 1. The first-order valence-electron chi connectivity index (χ1n) is 2.45. The Balaban J connectivity index is 2.65. The second kappa shape index (κ2) is 1.78. The summed E-state index contributed by atoms with van der Waals surface area (Å²) in [4.78, 5) is 0. The maximum absolute atomic E-state index is 5.40. The molecule has 1 heterocycles. The zero-order valence-corrected chi connectivity index (χ0v) is 4.52. The molecule has 0 aromatic carbocycles. The lowest BCUT2D eigenvalue weighted by atomic mass is 10.3. The smallest absolute Gasteiger partial charge is 0.0963 e. The molecule has 0 fully saturated rings. The molecule has 1 rings (SSSR count). The Morgan fingerprint density at radius 2 is 2.12 bits per heavy atom. The summed E-state index contributed by atoms with van der Waals surface area (Å²) in [5.41, 5.74) is 11.6. The highest BCUT2D eigenvalue weighted by atomic mass is 15.0. The summed E-state index contributed by atoms with van der Waals surface area (Å²) in [6.07, 6.45) is 3.55. The predicted molar refractivity (Wildman–Crippen MR) is 32.5 cm³/mol. The second-order valence-corrected chi connectivity index (χ2v) is 1.72. The Morgan fingerprint density at radius 3 is 2.50 bits per heavy atom.